The Hall–Kier alpha value is -1.82. The number of benzene rings is 1. The van der Waals surface area contributed by atoms with E-state index in [1.807, 2.05) is 44.2 Å². The molecule has 0 aliphatic carbocycles. The standard InChI is InChI=1S/C14H18N2O/c1-11(2)14(3,10-15)16-13(17)9-12-7-5-4-6-8-12/h4-8,11H,9H2,1-3H3,(H,16,17). The number of nitrogens with one attached hydrogen (secondary N) is 1. The molecule has 0 spiro atoms. The van der Waals surface area contributed by atoms with E-state index in [-0.39, 0.29) is 11.8 Å². The van der Waals surface area contributed by atoms with E-state index in [2.05, 4.69) is 11.4 Å². The van der Waals surface area contributed by atoms with Crippen LogP contribution >= 0.6 is 0 Å². The Morgan fingerprint density at radius 2 is 2.00 bits per heavy atom. The molecule has 1 aromatic carbocycles. The van der Waals surface area contributed by atoms with Crippen LogP contribution in [0.15, 0.2) is 30.3 Å². The predicted molar refractivity (Wildman–Crippen MR) is 67.1 cm³/mol. The lowest BCUT2D eigenvalue weighted by molar-refractivity contribution is -0.122. The first kappa shape index (κ1) is 13.2. The average molecular weight is 230 g/mol. The Labute approximate surface area is 102 Å². The summed E-state index contributed by atoms with van der Waals surface area (Å²) in [5, 5.41) is 11.9. The van der Waals surface area contributed by atoms with Gasteiger partial charge in [0.15, 0.2) is 0 Å². The second-order valence-electron chi connectivity index (χ2n) is 4.68. The monoisotopic (exact) mass is 230 g/mol. The van der Waals surface area contributed by atoms with Gasteiger partial charge in [-0.1, -0.05) is 44.2 Å². The maximum Gasteiger partial charge on any atom is 0.225 e. The molecule has 0 bridgehead atoms. The Kier molecular flexibility index (Phi) is 4.28. The first-order valence-corrected chi connectivity index (χ1v) is 5.74. The van der Waals surface area contributed by atoms with Crippen molar-refractivity contribution in [1.82, 2.24) is 5.32 Å². The van der Waals surface area contributed by atoms with E-state index in [1.165, 1.54) is 0 Å². The average Bonchev–Trinajstić information content (AvgIpc) is 2.29. The lowest BCUT2D eigenvalue weighted by atomic mass is 9.90. The van der Waals surface area contributed by atoms with Crippen LogP contribution in [0.1, 0.15) is 26.3 Å². The molecule has 1 rings (SSSR count). The van der Waals surface area contributed by atoms with E-state index < -0.39 is 5.54 Å². The van der Waals surface area contributed by atoms with Gasteiger partial charge in [-0.25, -0.2) is 0 Å². The summed E-state index contributed by atoms with van der Waals surface area (Å²) in [6.07, 6.45) is 0.310. The quantitative estimate of drug-likeness (QED) is 0.862. The number of hydrogen-bond acceptors (Lipinski definition) is 2. The molecule has 17 heavy (non-hydrogen) atoms. The van der Waals surface area contributed by atoms with Gasteiger partial charge in [-0.3, -0.25) is 4.79 Å². The third kappa shape index (κ3) is 3.60. The lowest BCUT2D eigenvalue weighted by Gasteiger charge is -2.27. The van der Waals surface area contributed by atoms with Gasteiger partial charge in [0.2, 0.25) is 5.91 Å². The van der Waals surface area contributed by atoms with Gasteiger partial charge in [0.25, 0.3) is 0 Å². The molecule has 0 fully saturated rings. The second-order valence-corrected chi connectivity index (χ2v) is 4.68. The first-order chi connectivity index (χ1) is 7.98. The highest BCUT2D eigenvalue weighted by Crippen LogP contribution is 2.15. The molecule has 1 aromatic rings. The molecule has 0 aliphatic heterocycles. The molecule has 1 N–H and O–H groups in total. The van der Waals surface area contributed by atoms with Gasteiger partial charge in [-0.2, -0.15) is 5.26 Å². The van der Waals surface area contributed by atoms with Gasteiger partial charge in [0.05, 0.1) is 12.5 Å². The SMILES string of the molecule is CC(C)C(C)(C#N)NC(=O)Cc1ccccc1. The van der Waals surface area contributed by atoms with Crippen LogP contribution in [0.2, 0.25) is 0 Å². The summed E-state index contributed by atoms with van der Waals surface area (Å²) in [4.78, 5) is 11.8. The van der Waals surface area contributed by atoms with Crippen LogP contribution in [0.5, 0.6) is 0 Å². The molecule has 0 radical (unpaired) electrons. The van der Waals surface area contributed by atoms with Crippen molar-refractivity contribution in [2.45, 2.75) is 32.7 Å². The van der Waals surface area contributed by atoms with Gasteiger partial charge < -0.3 is 5.32 Å². The minimum absolute atomic E-state index is 0.0761. The summed E-state index contributed by atoms with van der Waals surface area (Å²) in [6, 6.07) is 11.7. The van der Waals surface area contributed by atoms with E-state index in [0.717, 1.165) is 5.56 Å². The molecule has 1 amide bonds. The molecule has 1 atom stereocenters. The van der Waals surface area contributed by atoms with Gasteiger partial charge in [-0.05, 0) is 18.4 Å². The van der Waals surface area contributed by atoms with Crippen LogP contribution in [-0.2, 0) is 11.2 Å². The van der Waals surface area contributed by atoms with Crippen LogP contribution in [0.25, 0.3) is 0 Å². The van der Waals surface area contributed by atoms with Crippen LogP contribution in [0.4, 0.5) is 0 Å². The molecular formula is C14H18N2O. The molecule has 0 aliphatic rings. The van der Waals surface area contributed by atoms with Crippen molar-refractivity contribution in [1.29, 1.82) is 5.26 Å². The number of amides is 1. The molecule has 3 heteroatoms. The van der Waals surface area contributed by atoms with Crippen LogP contribution in [0.3, 0.4) is 0 Å². The normalized spacial score (nSPS) is 13.8. The molecule has 3 nitrogen and oxygen atoms in total. The number of carbonyl (C=O) groups excluding carboxylic acids is 1. The Balaban J connectivity index is 2.65. The molecule has 1 unspecified atom stereocenters. The van der Waals surface area contributed by atoms with E-state index in [4.69, 9.17) is 5.26 Å². The molecule has 0 saturated heterocycles. The lowest BCUT2D eigenvalue weighted by Crippen LogP contribution is -2.49. The largest absolute Gasteiger partial charge is 0.338 e. The fourth-order valence-electron chi connectivity index (χ4n) is 1.42. The first-order valence-electron chi connectivity index (χ1n) is 5.74. The predicted octanol–water partition coefficient (Wildman–Crippen LogP) is 2.28. The van der Waals surface area contributed by atoms with Crippen molar-refractivity contribution < 1.29 is 4.79 Å². The number of rotatable bonds is 4. The highest BCUT2D eigenvalue weighted by Gasteiger charge is 2.29. The molecule has 0 saturated carbocycles. The zero-order valence-electron chi connectivity index (χ0n) is 10.5. The number of nitrogens with zero attached hydrogens (tertiary/aromatic N) is 1. The smallest absolute Gasteiger partial charge is 0.225 e. The topological polar surface area (TPSA) is 52.9 Å². The summed E-state index contributed by atoms with van der Waals surface area (Å²) in [5.74, 6) is -0.0406. The summed E-state index contributed by atoms with van der Waals surface area (Å²) in [5.41, 5.74) is 0.153. The Bertz CT molecular complexity index is 420. The van der Waals surface area contributed by atoms with Crippen LogP contribution < -0.4 is 5.32 Å². The van der Waals surface area contributed by atoms with Crippen LogP contribution in [-0.4, -0.2) is 11.4 Å². The fraction of sp³-hybridized carbons (Fsp3) is 0.429. The Morgan fingerprint density at radius 3 is 2.47 bits per heavy atom. The third-order valence-corrected chi connectivity index (χ3v) is 2.99. The van der Waals surface area contributed by atoms with E-state index in [0.29, 0.717) is 6.42 Å². The highest BCUT2D eigenvalue weighted by molar-refractivity contribution is 5.79. The summed E-state index contributed by atoms with van der Waals surface area (Å²) < 4.78 is 0. The van der Waals surface area contributed by atoms with E-state index in [9.17, 15) is 4.79 Å². The van der Waals surface area contributed by atoms with Crippen molar-refractivity contribution in [2.75, 3.05) is 0 Å². The maximum atomic E-state index is 11.8. The van der Waals surface area contributed by atoms with Crippen molar-refractivity contribution in [3.8, 4) is 6.07 Å². The van der Waals surface area contributed by atoms with E-state index in [1.54, 1.807) is 6.92 Å². The van der Waals surface area contributed by atoms with Crippen molar-refractivity contribution >= 4 is 5.91 Å². The summed E-state index contributed by atoms with van der Waals surface area (Å²) >= 11 is 0. The fourth-order valence-corrected chi connectivity index (χ4v) is 1.42. The maximum absolute atomic E-state index is 11.8. The highest BCUT2D eigenvalue weighted by atomic mass is 16.1. The molecule has 90 valence electrons. The van der Waals surface area contributed by atoms with Gasteiger partial charge in [0.1, 0.15) is 5.54 Å². The minimum atomic E-state index is -0.800. The van der Waals surface area contributed by atoms with E-state index >= 15 is 0 Å². The number of hydrogen-bond donors (Lipinski definition) is 1. The van der Waals surface area contributed by atoms with Gasteiger partial charge >= 0.3 is 0 Å². The van der Waals surface area contributed by atoms with Crippen molar-refractivity contribution in [3.05, 3.63) is 35.9 Å². The van der Waals surface area contributed by atoms with Gasteiger partial charge in [0, 0.05) is 0 Å². The zero-order valence-corrected chi connectivity index (χ0v) is 10.5. The molecule has 0 heterocycles. The van der Waals surface area contributed by atoms with Crippen molar-refractivity contribution in [3.63, 3.8) is 0 Å². The van der Waals surface area contributed by atoms with Crippen LogP contribution in [0, 0.1) is 17.2 Å². The summed E-state index contributed by atoms with van der Waals surface area (Å²) in [6.45, 7) is 5.60. The minimum Gasteiger partial charge on any atom is -0.338 e. The molecule has 0 aromatic heterocycles. The zero-order chi connectivity index (χ0) is 12.9. The second kappa shape index (κ2) is 5.49. The van der Waals surface area contributed by atoms with Gasteiger partial charge in [-0.15, -0.1) is 0 Å². The summed E-state index contributed by atoms with van der Waals surface area (Å²) in [7, 11) is 0. The third-order valence-electron chi connectivity index (χ3n) is 2.99. The molecular weight excluding hydrogens is 212 g/mol. The number of nitriles is 1. The van der Waals surface area contributed by atoms with Crippen molar-refractivity contribution in [2.24, 2.45) is 5.92 Å². The Morgan fingerprint density at radius 1 is 1.41 bits per heavy atom. The number of carbonyl (C=O) groups is 1.